The maximum atomic E-state index is 9.42. The fourth-order valence-corrected chi connectivity index (χ4v) is 1.74. The minimum Gasteiger partial charge on any atom is -0.394 e. The van der Waals surface area contributed by atoms with Crippen LogP contribution in [0.25, 0.3) is 0 Å². The van der Waals surface area contributed by atoms with Crippen molar-refractivity contribution in [2.75, 3.05) is 13.2 Å². The van der Waals surface area contributed by atoms with Gasteiger partial charge in [-0.15, -0.1) is 0 Å². The molecular weight excluding hydrogens is 204 g/mol. The highest BCUT2D eigenvalue weighted by Crippen LogP contribution is 2.13. The van der Waals surface area contributed by atoms with E-state index in [1.54, 1.807) is 0 Å². The first-order valence-corrected chi connectivity index (χ1v) is 5.86. The van der Waals surface area contributed by atoms with E-state index in [0.29, 0.717) is 6.54 Å². The lowest BCUT2D eigenvalue weighted by Crippen LogP contribution is -2.25. The van der Waals surface area contributed by atoms with Crippen LogP contribution in [0.2, 0.25) is 0 Å². The number of aliphatic hydroxyl groups is 2. The standard InChI is InChI=1S/C12H22N2O2/c1-3-6-13-10(2)12-5-4-7-14(12)8-11(16)9-15/h4-5,7,10-11,13,15-16H,3,6,8-9H2,1-2H3. The average molecular weight is 226 g/mol. The lowest BCUT2D eigenvalue weighted by Gasteiger charge is -2.18. The normalized spacial score (nSPS) is 15.0. The second kappa shape index (κ2) is 6.68. The van der Waals surface area contributed by atoms with Gasteiger partial charge in [0.1, 0.15) is 0 Å². The number of nitrogens with one attached hydrogen (secondary N) is 1. The van der Waals surface area contributed by atoms with Crippen molar-refractivity contribution in [1.29, 1.82) is 0 Å². The topological polar surface area (TPSA) is 57.4 Å². The van der Waals surface area contributed by atoms with Crippen LogP contribution in [0.3, 0.4) is 0 Å². The molecule has 1 aromatic heterocycles. The summed E-state index contributed by atoms with van der Waals surface area (Å²) in [6, 6.07) is 4.27. The van der Waals surface area contributed by atoms with Gasteiger partial charge in [0.2, 0.25) is 0 Å². The molecule has 0 aliphatic heterocycles. The van der Waals surface area contributed by atoms with Crippen LogP contribution in [0.15, 0.2) is 18.3 Å². The Morgan fingerprint density at radius 3 is 2.88 bits per heavy atom. The zero-order valence-electron chi connectivity index (χ0n) is 10.1. The van der Waals surface area contributed by atoms with Gasteiger partial charge in [0.25, 0.3) is 0 Å². The third-order valence-corrected chi connectivity index (χ3v) is 2.63. The molecule has 0 spiro atoms. The summed E-state index contributed by atoms with van der Waals surface area (Å²) in [6.07, 6.45) is 2.34. The fourth-order valence-electron chi connectivity index (χ4n) is 1.74. The molecule has 1 rings (SSSR count). The Hall–Kier alpha value is -0.840. The quantitative estimate of drug-likeness (QED) is 0.647. The van der Waals surface area contributed by atoms with E-state index in [2.05, 4.69) is 19.2 Å². The summed E-state index contributed by atoms with van der Waals surface area (Å²) in [5.41, 5.74) is 1.14. The van der Waals surface area contributed by atoms with E-state index in [4.69, 9.17) is 5.11 Å². The second-order valence-electron chi connectivity index (χ2n) is 4.10. The van der Waals surface area contributed by atoms with E-state index < -0.39 is 6.10 Å². The van der Waals surface area contributed by atoms with Crippen molar-refractivity contribution in [1.82, 2.24) is 9.88 Å². The van der Waals surface area contributed by atoms with Gasteiger partial charge in [-0.2, -0.15) is 0 Å². The Morgan fingerprint density at radius 1 is 1.50 bits per heavy atom. The fraction of sp³-hybridized carbons (Fsp3) is 0.667. The highest BCUT2D eigenvalue weighted by Gasteiger charge is 2.11. The Balaban J connectivity index is 2.62. The molecule has 2 unspecified atom stereocenters. The van der Waals surface area contributed by atoms with Gasteiger partial charge in [-0.05, 0) is 32.0 Å². The largest absolute Gasteiger partial charge is 0.394 e. The van der Waals surface area contributed by atoms with Crippen LogP contribution in [0.4, 0.5) is 0 Å². The van der Waals surface area contributed by atoms with E-state index in [-0.39, 0.29) is 12.6 Å². The van der Waals surface area contributed by atoms with Gasteiger partial charge in [-0.1, -0.05) is 6.92 Å². The second-order valence-corrected chi connectivity index (χ2v) is 4.10. The molecule has 4 heteroatoms. The average Bonchev–Trinajstić information content (AvgIpc) is 2.73. The highest BCUT2D eigenvalue weighted by atomic mass is 16.3. The van der Waals surface area contributed by atoms with Crippen molar-refractivity contribution in [3.05, 3.63) is 24.0 Å². The summed E-state index contributed by atoms with van der Waals surface area (Å²) in [7, 11) is 0. The highest BCUT2D eigenvalue weighted by molar-refractivity contribution is 5.11. The van der Waals surface area contributed by atoms with Crippen molar-refractivity contribution < 1.29 is 10.2 Å². The maximum absolute atomic E-state index is 9.42. The van der Waals surface area contributed by atoms with Gasteiger partial charge in [-0.25, -0.2) is 0 Å². The van der Waals surface area contributed by atoms with Gasteiger partial charge >= 0.3 is 0 Å². The van der Waals surface area contributed by atoms with Crippen LogP contribution in [-0.2, 0) is 6.54 Å². The van der Waals surface area contributed by atoms with Gasteiger partial charge in [0.05, 0.1) is 19.3 Å². The van der Waals surface area contributed by atoms with Crippen LogP contribution in [0, 0.1) is 0 Å². The molecule has 1 aromatic rings. The minimum absolute atomic E-state index is 0.200. The molecule has 0 aliphatic rings. The van der Waals surface area contributed by atoms with Crippen molar-refractivity contribution >= 4 is 0 Å². The van der Waals surface area contributed by atoms with Crippen LogP contribution in [0.1, 0.15) is 32.0 Å². The van der Waals surface area contributed by atoms with Crippen molar-refractivity contribution in [3.8, 4) is 0 Å². The van der Waals surface area contributed by atoms with Crippen molar-refractivity contribution in [2.45, 2.75) is 39.0 Å². The molecule has 92 valence electrons. The van der Waals surface area contributed by atoms with Crippen molar-refractivity contribution in [2.24, 2.45) is 0 Å². The monoisotopic (exact) mass is 226 g/mol. The molecule has 0 fully saturated rings. The number of hydrogen-bond donors (Lipinski definition) is 3. The summed E-state index contributed by atoms with van der Waals surface area (Å²) in [4.78, 5) is 0. The zero-order chi connectivity index (χ0) is 12.0. The maximum Gasteiger partial charge on any atom is 0.0949 e. The molecule has 0 aromatic carbocycles. The van der Waals surface area contributed by atoms with Crippen LogP contribution in [-0.4, -0.2) is 34.0 Å². The number of aliphatic hydroxyl groups excluding tert-OH is 2. The molecular formula is C12H22N2O2. The Kier molecular flexibility index (Phi) is 5.52. The predicted molar refractivity (Wildman–Crippen MR) is 64.2 cm³/mol. The summed E-state index contributed by atoms with van der Waals surface area (Å²) < 4.78 is 1.98. The Labute approximate surface area is 96.9 Å². The minimum atomic E-state index is -0.690. The van der Waals surface area contributed by atoms with Gasteiger partial charge in [0.15, 0.2) is 0 Å². The summed E-state index contributed by atoms with van der Waals surface area (Å²) in [5.74, 6) is 0. The Bertz CT molecular complexity index is 299. The number of aromatic nitrogens is 1. The molecule has 3 N–H and O–H groups in total. The van der Waals surface area contributed by atoms with Crippen LogP contribution in [0.5, 0.6) is 0 Å². The summed E-state index contributed by atoms with van der Waals surface area (Å²) in [5, 5.41) is 21.6. The third-order valence-electron chi connectivity index (χ3n) is 2.63. The predicted octanol–water partition coefficient (Wildman–Crippen LogP) is 0.902. The number of hydrogen-bond acceptors (Lipinski definition) is 3. The van der Waals surface area contributed by atoms with E-state index in [0.717, 1.165) is 18.7 Å². The van der Waals surface area contributed by atoms with E-state index in [1.165, 1.54) is 0 Å². The van der Waals surface area contributed by atoms with Gasteiger partial charge in [-0.3, -0.25) is 0 Å². The van der Waals surface area contributed by atoms with Crippen molar-refractivity contribution in [3.63, 3.8) is 0 Å². The smallest absolute Gasteiger partial charge is 0.0949 e. The summed E-state index contributed by atoms with van der Waals surface area (Å²) in [6.45, 7) is 5.46. The molecule has 2 atom stereocenters. The van der Waals surface area contributed by atoms with E-state index in [9.17, 15) is 5.11 Å². The Morgan fingerprint density at radius 2 is 2.25 bits per heavy atom. The molecule has 0 amide bonds. The first-order valence-electron chi connectivity index (χ1n) is 5.86. The van der Waals surface area contributed by atoms with Crippen LogP contribution < -0.4 is 5.32 Å². The SMILES string of the molecule is CCCNC(C)c1cccn1CC(O)CO. The first kappa shape index (κ1) is 13.2. The lowest BCUT2D eigenvalue weighted by atomic mass is 10.2. The van der Waals surface area contributed by atoms with Crippen LogP contribution >= 0.6 is 0 Å². The molecule has 0 bridgehead atoms. The molecule has 0 radical (unpaired) electrons. The van der Waals surface area contributed by atoms with E-state index in [1.807, 2.05) is 22.9 Å². The molecule has 0 saturated carbocycles. The van der Waals surface area contributed by atoms with E-state index >= 15 is 0 Å². The molecule has 4 nitrogen and oxygen atoms in total. The molecule has 0 aliphatic carbocycles. The number of rotatable bonds is 7. The summed E-state index contributed by atoms with van der Waals surface area (Å²) >= 11 is 0. The first-order chi connectivity index (χ1) is 7.69. The zero-order valence-corrected chi connectivity index (χ0v) is 10.1. The molecule has 0 saturated heterocycles. The van der Waals surface area contributed by atoms with Gasteiger partial charge in [0, 0.05) is 17.9 Å². The number of nitrogens with zero attached hydrogens (tertiary/aromatic N) is 1. The third kappa shape index (κ3) is 3.63. The lowest BCUT2D eigenvalue weighted by molar-refractivity contribution is 0.0803. The molecule has 1 heterocycles. The van der Waals surface area contributed by atoms with Gasteiger partial charge < -0.3 is 20.1 Å². The molecule has 16 heavy (non-hydrogen) atoms.